The van der Waals surface area contributed by atoms with Gasteiger partial charge in [0.25, 0.3) is 0 Å². The van der Waals surface area contributed by atoms with E-state index in [2.05, 4.69) is 25.8 Å². The van der Waals surface area contributed by atoms with Crippen molar-refractivity contribution in [1.29, 1.82) is 0 Å². The molecule has 1 heterocycles. The van der Waals surface area contributed by atoms with Gasteiger partial charge in [0.15, 0.2) is 0 Å². The molecule has 0 radical (unpaired) electrons. The van der Waals surface area contributed by atoms with Crippen molar-refractivity contribution in [2.75, 3.05) is 14.2 Å². The Morgan fingerprint density at radius 2 is 1.90 bits per heavy atom. The maximum atomic E-state index is 10.6. The summed E-state index contributed by atoms with van der Waals surface area (Å²) < 4.78 is 10.5. The highest BCUT2D eigenvalue weighted by Crippen LogP contribution is 2.35. The number of ether oxygens (including phenoxy) is 2. The predicted molar refractivity (Wildman–Crippen MR) is 84.4 cm³/mol. The molecule has 0 aliphatic heterocycles. The quantitative estimate of drug-likeness (QED) is 0.938. The van der Waals surface area contributed by atoms with Crippen LogP contribution in [0, 0.1) is 0 Å². The monoisotopic (exact) mass is 307 g/mol. The van der Waals surface area contributed by atoms with E-state index < -0.39 is 6.10 Å². The van der Waals surface area contributed by atoms with Crippen LogP contribution in [0.4, 0.5) is 0 Å². The first-order valence-electron chi connectivity index (χ1n) is 6.72. The summed E-state index contributed by atoms with van der Waals surface area (Å²) in [6.07, 6.45) is -0.831. The summed E-state index contributed by atoms with van der Waals surface area (Å²) >= 11 is 1.56. The zero-order chi connectivity index (χ0) is 15.6. The van der Waals surface area contributed by atoms with Gasteiger partial charge in [-0.2, -0.15) is 0 Å². The van der Waals surface area contributed by atoms with E-state index >= 15 is 0 Å². The third-order valence-electron chi connectivity index (χ3n) is 3.18. The van der Waals surface area contributed by atoms with Gasteiger partial charge in [0.1, 0.15) is 17.6 Å². The first-order chi connectivity index (χ1) is 9.86. The van der Waals surface area contributed by atoms with Crippen LogP contribution in [0.3, 0.4) is 0 Å². The molecule has 0 aliphatic carbocycles. The number of nitrogens with zero attached hydrogens (tertiary/aromatic N) is 1. The van der Waals surface area contributed by atoms with Crippen molar-refractivity contribution in [2.24, 2.45) is 0 Å². The lowest BCUT2D eigenvalue weighted by Crippen LogP contribution is -2.11. The zero-order valence-corrected chi connectivity index (χ0v) is 13.8. The van der Waals surface area contributed by atoms with Gasteiger partial charge < -0.3 is 14.6 Å². The van der Waals surface area contributed by atoms with Gasteiger partial charge in [0, 0.05) is 16.4 Å². The molecular weight excluding hydrogens is 286 g/mol. The molecule has 0 saturated carbocycles. The summed E-state index contributed by atoms with van der Waals surface area (Å²) in [5.74, 6) is 1.30. The van der Waals surface area contributed by atoms with E-state index in [9.17, 15) is 5.11 Å². The second-order valence-corrected chi connectivity index (χ2v) is 6.70. The lowest BCUT2D eigenvalue weighted by atomic mass is 9.98. The molecule has 1 atom stereocenters. The molecule has 1 aromatic carbocycles. The summed E-state index contributed by atoms with van der Waals surface area (Å²) in [6.45, 7) is 6.32. The van der Waals surface area contributed by atoms with Gasteiger partial charge in [-0.25, -0.2) is 4.98 Å². The number of benzene rings is 1. The van der Waals surface area contributed by atoms with Gasteiger partial charge in [-0.3, -0.25) is 0 Å². The number of thiazole rings is 1. The average Bonchev–Trinajstić information content (AvgIpc) is 2.95. The summed E-state index contributed by atoms with van der Waals surface area (Å²) in [7, 11) is 3.18. The van der Waals surface area contributed by atoms with Crippen LogP contribution >= 0.6 is 11.3 Å². The smallest absolute Gasteiger partial charge is 0.126 e. The number of rotatable bonds is 4. The van der Waals surface area contributed by atoms with Gasteiger partial charge in [0.05, 0.1) is 24.9 Å². The fraction of sp³-hybridized carbons (Fsp3) is 0.438. The van der Waals surface area contributed by atoms with E-state index in [-0.39, 0.29) is 5.41 Å². The summed E-state index contributed by atoms with van der Waals surface area (Å²) in [4.78, 5) is 4.56. The topological polar surface area (TPSA) is 51.6 Å². The van der Waals surface area contributed by atoms with Crippen molar-refractivity contribution >= 4 is 11.3 Å². The molecule has 2 rings (SSSR count). The van der Waals surface area contributed by atoms with Crippen LogP contribution in [0.15, 0.2) is 23.6 Å². The average molecular weight is 307 g/mol. The highest BCUT2D eigenvalue weighted by molar-refractivity contribution is 7.09. The van der Waals surface area contributed by atoms with E-state index in [1.807, 2.05) is 5.38 Å². The van der Waals surface area contributed by atoms with Crippen LogP contribution in [0.25, 0.3) is 0 Å². The van der Waals surface area contributed by atoms with Crippen LogP contribution in [-0.4, -0.2) is 24.3 Å². The molecule has 4 nitrogen and oxygen atoms in total. The molecule has 114 valence electrons. The Morgan fingerprint density at radius 1 is 1.19 bits per heavy atom. The third kappa shape index (κ3) is 3.36. The van der Waals surface area contributed by atoms with Crippen molar-refractivity contribution in [3.05, 3.63) is 39.8 Å². The number of hydrogen-bond donors (Lipinski definition) is 1. The SMILES string of the molecule is COc1ccc(OC)c(C(O)c2csc(C(C)(C)C)n2)c1. The molecule has 2 aromatic rings. The molecule has 1 unspecified atom stereocenters. The minimum Gasteiger partial charge on any atom is -0.497 e. The Bertz CT molecular complexity index is 616. The molecule has 0 amide bonds. The van der Waals surface area contributed by atoms with Gasteiger partial charge in [0.2, 0.25) is 0 Å². The third-order valence-corrected chi connectivity index (χ3v) is 4.46. The molecular formula is C16H21NO3S. The van der Waals surface area contributed by atoms with Gasteiger partial charge in [-0.15, -0.1) is 11.3 Å². The van der Waals surface area contributed by atoms with Gasteiger partial charge in [-0.05, 0) is 18.2 Å². The van der Waals surface area contributed by atoms with E-state index in [1.165, 1.54) is 0 Å². The highest BCUT2D eigenvalue weighted by Gasteiger charge is 2.23. The molecule has 0 aliphatic rings. The lowest BCUT2D eigenvalue weighted by Gasteiger charge is -2.16. The second-order valence-electron chi connectivity index (χ2n) is 5.84. The van der Waals surface area contributed by atoms with Crippen LogP contribution < -0.4 is 9.47 Å². The van der Waals surface area contributed by atoms with Gasteiger partial charge in [-0.1, -0.05) is 20.8 Å². The van der Waals surface area contributed by atoms with Crippen LogP contribution in [0.5, 0.6) is 11.5 Å². The van der Waals surface area contributed by atoms with Crippen molar-refractivity contribution < 1.29 is 14.6 Å². The van der Waals surface area contributed by atoms with Crippen molar-refractivity contribution in [2.45, 2.75) is 32.3 Å². The van der Waals surface area contributed by atoms with Crippen molar-refractivity contribution in [3.63, 3.8) is 0 Å². The fourth-order valence-electron chi connectivity index (χ4n) is 1.97. The Kier molecular flexibility index (Phi) is 4.54. The van der Waals surface area contributed by atoms with Gasteiger partial charge >= 0.3 is 0 Å². The predicted octanol–water partition coefficient (Wildman–Crippen LogP) is 3.54. The Labute approximate surface area is 129 Å². The lowest BCUT2D eigenvalue weighted by molar-refractivity contribution is 0.209. The van der Waals surface area contributed by atoms with Crippen molar-refractivity contribution in [1.82, 2.24) is 4.98 Å². The molecule has 0 fully saturated rings. The minimum atomic E-state index is -0.831. The van der Waals surface area contributed by atoms with Crippen LogP contribution in [0.2, 0.25) is 0 Å². The number of aliphatic hydroxyl groups is 1. The first kappa shape index (κ1) is 15.8. The summed E-state index contributed by atoms with van der Waals surface area (Å²) in [5, 5.41) is 13.5. The highest BCUT2D eigenvalue weighted by atomic mass is 32.1. The molecule has 1 aromatic heterocycles. The maximum Gasteiger partial charge on any atom is 0.126 e. The number of methoxy groups -OCH3 is 2. The van der Waals surface area contributed by atoms with E-state index in [0.29, 0.717) is 22.8 Å². The molecule has 0 bridgehead atoms. The molecule has 0 spiro atoms. The van der Waals surface area contributed by atoms with E-state index in [4.69, 9.17) is 9.47 Å². The molecule has 5 heteroatoms. The maximum absolute atomic E-state index is 10.6. The largest absolute Gasteiger partial charge is 0.497 e. The summed E-state index contributed by atoms with van der Waals surface area (Å²) in [6, 6.07) is 5.37. The Hall–Kier alpha value is -1.59. The fourth-order valence-corrected chi connectivity index (χ4v) is 2.89. The second kappa shape index (κ2) is 6.03. The zero-order valence-electron chi connectivity index (χ0n) is 13.0. The molecule has 21 heavy (non-hydrogen) atoms. The molecule has 1 N–H and O–H groups in total. The number of aliphatic hydroxyl groups excluding tert-OH is 1. The Morgan fingerprint density at radius 3 is 2.43 bits per heavy atom. The first-order valence-corrected chi connectivity index (χ1v) is 7.60. The summed E-state index contributed by atoms with van der Waals surface area (Å²) in [5.41, 5.74) is 1.26. The van der Waals surface area contributed by atoms with Crippen LogP contribution in [-0.2, 0) is 5.41 Å². The molecule has 0 saturated heterocycles. The number of hydrogen-bond acceptors (Lipinski definition) is 5. The van der Waals surface area contributed by atoms with Crippen LogP contribution in [0.1, 0.15) is 43.1 Å². The van der Waals surface area contributed by atoms with E-state index in [0.717, 1.165) is 5.01 Å². The Balaban J connectivity index is 2.39. The minimum absolute atomic E-state index is 0.0267. The number of aromatic nitrogens is 1. The van der Waals surface area contributed by atoms with E-state index in [1.54, 1.807) is 43.8 Å². The standard InChI is InChI=1S/C16H21NO3S/c1-16(2,3)15-17-12(9-21-15)14(18)11-8-10(19-4)6-7-13(11)20-5/h6-9,14,18H,1-5H3. The van der Waals surface area contributed by atoms with Crippen molar-refractivity contribution in [3.8, 4) is 11.5 Å². The normalized spacial score (nSPS) is 13.0.